The molecule has 0 aliphatic heterocycles. The van der Waals surface area contributed by atoms with E-state index in [2.05, 4.69) is 10.3 Å². The largest absolute Gasteiger partial charge is 0.396 e. The van der Waals surface area contributed by atoms with Gasteiger partial charge in [0.15, 0.2) is 0 Å². The zero-order valence-electron chi connectivity index (χ0n) is 11.0. The summed E-state index contributed by atoms with van der Waals surface area (Å²) in [7, 11) is 1.59. The van der Waals surface area contributed by atoms with E-state index in [9.17, 15) is 4.79 Å². The molecule has 0 bridgehead atoms. The van der Waals surface area contributed by atoms with Crippen molar-refractivity contribution < 1.29 is 14.6 Å². The summed E-state index contributed by atoms with van der Waals surface area (Å²) in [5.41, 5.74) is 0. The van der Waals surface area contributed by atoms with Crippen molar-refractivity contribution in [1.29, 1.82) is 0 Å². The third-order valence-electron chi connectivity index (χ3n) is 2.65. The molecule has 2 heterocycles. The first kappa shape index (κ1) is 15.1. The number of aliphatic hydroxyl groups excluding tert-OH is 1. The second-order valence-electron chi connectivity index (χ2n) is 4.11. The van der Waals surface area contributed by atoms with Crippen LogP contribution in [0.2, 0.25) is 0 Å². The number of aliphatic hydroxyl groups is 1. The number of nitrogens with zero attached hydrogens (tertiary/aromatic N) is 1. The maximum atomic E-state index is 12.2. The van der Waals surface area contributed by atoms with Crippen LogP contribution in [0.5, 0.6) is 0 Å². The van der Waals surface area contributed by atoms with E-state index in [-0.39, 0.29) is 18.6 Å². The minimum Gasteiger partial charge on any atom is -0.396 e. The zero-order valence-corrected chi connectivity index (χ0v) is 12.7. The van der Waals surface area contributed by atoms with Crippen LogP contribution in [-0.2, 0) is 11.3 Å². The number of thiazole rings is 1. The van der Waals surface area contributed by atoms with Gasteiger partial charge in [0.25, 0.3) is 5.91 Å². The molecule has 2 N–H and O–H groups in total. The molecule has 2 rings (SSSR count). The van der Waals surface area contributed by atoms with Crippen molar-refractivity contribution in [2.24, 2.45) is 0 Å². The lowest BCUT2D eigenvalue weighted by atomic mass is 10.2. The topological polar surface area (TPSA) is 71.5 Å². The Labute approximate surface area is 125 Å². The normalized spacial score (nSPS) is 12.3. The molecule has 0 radical (unpaired) electrons. The van der Waals surface area contributed by atoms with Gasteiger partial charge < -0.3 is 15.2 Å². The van der Waals surface area contributed by atoms with Gasteiger partial charge in [-0.15, -0.1) is 22.7 Å². The van der Waals surface area contributed by atoms with E-state index in [4.69, 9.17) is 9.84 Å². The number of ether oxygens (including phenoxy) is 1. The quantitative estimate of drug-likeness (QED) is 0.822. The SMILES string of the molecule is COCc1ncc(C(=O)NC(CCO)c2cccs2)s1. The fourth-order valence-electron chi connectivity index (χ4n) is 1.74. The fraction of sp³-hybridized carbons (Fsp3) is 0.385. The Morgan fingerprint density at radius 3 is 3.10 bits per heavy atom. The standard InChI is InChI=1S/C13H16N2O3S2/c1-18-8-12-14-7-11(20-12)13(17)15-9(4-5-16)10-3-2-6-19-10/h2-3,6-7,9,16H,4-5,8H2,1H3,(H,15,17). The predicted octanol–water partition coefficient (Wildman–Crippen LogP) is 2.20. The highest BCUT2D eigenvalue weighted by Crippen LogP contribution is 2.23. The molecule has 0 saturated carbocycles. The lowest BCUT2D eigenvalue weighted by Gasteiger charge is -2.15. The van der Waals surface area contributed by atoms with E-state index in [0.717, 1.165) is 9.88 Å². The maximum absolute atomic E-state index is 12.2. The lowest BCUT2D eigenvalue weighted by Crippen LogP contribution is -2.28. The zero-order chi connectivity index (χ0) is 14.4. The molecule has 7 heteroatoms. The molecule has 1 atom stereocenters. The summed E-state index contributed by atoms with van der Waals surface area (Å²) in [6.07, 6.45) is 2.05. The van der Waals surface area contributed by atoms with Gasteiger partial charge in [-0.2, -0.15) is 0 Å². The molecule has 0 aliphatic carbocycles. The van der Waals surface area contributed by atoms with Gasteiger partial charge in [-0.3, -0.25) is 4.79 Å². The number of carbonyl (C=O) groups is 1. The summed E-state index contributed by atoms with van der Waals surface area (Å²) >= 11 is 2.88. The summed E-state index contributed by atoms with van der Waals surface area (Å²) < 4.78 is 4.98. The second-order valence-corrected chi connectivity index (χ2v) is 6.20. The van der Waals surface area contributed by atoms with E-state index in [0.29, 0.717) is 17.9 Å². The molecule has 0 saturated heterocycles. The van der Waals surface area contributed by atoms with Gasteiger partial charge >= 0.3 is 0 Å². The Balaban J connectivity index is 2.03. The van der Waals surface area contributed by atoms with Gasteiger partial charge in [-0.25, -0.2) is 4.98 Å². The van der Waals surface area contributed by atoms with Crippen molar-refractivity contribution in [2.75, 3.05) is 13.7 Å². The van der Waals surface area contributed by atoms with Crippen molar-refractivity contribution in [2.45, 2.75) is 19.1 Å². The van der Waals surface area contributed by atoms with Crippen molar-refractivity contribution in [1.82, 2.24) is 10.3 Å². The van der Waals surface area contributed by atoms with Crippen LogP contribution in [0.4, 0.5) is 0 Å². The molecule has 1 amide bonds. The van der Waals surface area contributed by atoms with Crippen molar-refractivity contribution in [3.63, 3.8) is 0 Å². The molecule has 5 nitrogen and oxygen atoms in total. The van der Waals surface area contributed by atoms with E-state index in [1.54, 1.807) is 24.6 Å². The summed E-state index contributed by atoms with van der Waals surface area (Å²) in [6, 6.07) is 3.72. The molecule has 0 spiro atoms. The van der Waals surface area contributed by atoms with Crippen molar-refractivity contribution in [3.8, 4) is 0 Å². The number of nitrogens with one attached hydrogen (secondary N) is 1. The van der Waals surface area contributed by atoms with Crippen LogP contribution in [0.15, 0.2) is 23.7 Å². The minimum atomic E-state index is -0.170. The summed E-state index contributed by atoms with van der Waals surface area (Å²) in [4.78, 5) is 17.9. The van der Waals surface area contributed by atoms with Crippen LogP contribution in [0.1, 0.15) is 32.0 Å². The van der Waals surface area contributed by atoms with E-state index < -0.39 is 0 Å². The lowest BCUT2D eigenvalue weighted by molar-refractivity contribution is 0.0934. The van der Waals surface area contributed by atoms with Gasteiger partial charge in [0, 0.05) is 18.6 Å². The highest BCUT2D eigenvalue weighted by molar-refractivity contribution is 7.13. The Morgan fingerprint density at radius 1 is 1.60 bits per heavy atom. The van der Waals surface area contributed by atoms with Crippen LogP contribution >= 0.6 is 22.7 Å². The number of hydrogen-bond donors (Lipinski definition) is 2. The van der Waals surface area contributed by atoms with Gasteiger partial charge in [0.05, 0.1) is 18.8 Å². The molecule has 108 valence electrons. The Hall–Kier alpha value is -1.28. The van der Waals surface area contributed by atoms with Crippen LogP contribution in [-0.4, -0.2) is 29.7 Å². The van der Waals surface area contributed by atoms with Crippen LogP contribution in [0.25, 0.3) is 0 Å². The molecule has 1 unspecified atom stereocenters. The van der Waals surface area contributed by atoms with Gasteiger partial charge in [0.1, 0.15) is 9.88 Å². The van der Waals surface area contributed by atoms with Crippen LogP contribution in [0.3, 0.4) is 0 Å². The molecule has 0 aromatic carbocycles. The Bertz CT molecular complexity index is 540. The number of thiophene rings is 1. The summed E-state index contributed by atoms with van der Waals surface area (Å²) in [5, 5.41) is 14.8. The number of carbonyl (C=O) groups excluding carboxylic acids is 1. The maximum Gasteiger partial charge on any atom is 0.263 e. The van der Waals surface area contributed by atoms with E-state index >= 15 is 0 Å². The average Bonchev–Trinajstić information content (AvgIpc) is 3.09. The number of methoxy groups -OCH3 is 1. The number of rotatable bonds is 7. The third kappa shape index (κ3) is 3.86. The molecular formula is C13H16N2O3S2. The van der Waals surface area contributed by atoms with E-state index in [1.165, 1.54) is 11.3 Å². The number of aromatic nitrogens is 1. The second kappa shape index (κ2) is 7.49. The summed E-state index contributed by atoms with van der Waals surface area (Å²) in [6.45, 7) is 0.434. The van der Waals surface area contributed by atoms with Gasteiger partial charge in [0.2, 0.25) is 0 Å². The van der Waals surface area contributed by atoms with Crippen molar-refractivity contribution >= 4 is 28.6 Å². The van der Waals surface area contributed by atoms with E-state index in [1.807, 2.05) is 17.5 Å². The highest BCUT2D eigenvalue weighted by Gasteiger charge is 2.18. The smallest absolute Gasteiger partial charge is 0.263 e. The fourth-order valence-corrected chi connectivity index (χ4v) is 3.34. The molecule has 0 fully saturated rings. The third-order valence-corrected chi connectivity index (χ3v) is 4.61. The summed E-state index contributed by atoms with van der Waals surface area (Å²) in [5.74, 6) is -0.170. The minimum absolute atomic E-state index is 0.0282. The van der Waals surface area contributed by atoms with Crippen LogP contribution < -0.4 is 5.32 Å². The van der Waals surface area contributed by atoms with Gasteiger partial charge in [-0.05, 0) is 17.9 Å². The van der Waals surface area contributed by atoms with Crippen LogP contribution in [0, 0.1) is 0 Å². The monoisotopic (exact) mass is 312 g/mol. The highest BCUT2D eigenvalue weighted by atomic mass is 32.1. The molecule has 20 heavy (non-hydrogen) atoms. The first-order valence-electron chi connectivity index (χ1n) is 6.13. The first-order valence-corrected chi connectivity index (χ1v) is 7.83. The van der Waals surface area contributed by atoms with Gasteiger partial charge in [-0.1, -0.05) is 6.07 Å². The number of amides is 1. The Morgan fingerprint density at radius 2 is 2.45 bits per heavy atom. The molecule has 2 aromatic rings. The average molecular weight is 312 g/mol. The molecule has 2 aromatic heterocycles. The first-order chi connectivity index (χ1) is 9.74. The Kier molecular flexibility index (Phi) is 5.66. The molecular weight excluding hydrogens is 296 g/mol. The predicted molar refractivity (Wildman–Crippen MR) is 79.1 cm³/mol. The molecule has 0 aliphatic rings. The number of hydrogen-bond acceptors (Lipinski definition) is 6. The van der Waals surface area contributed by atoms with Crippen molar-refractivity contribution in [3.05, 3.63) is 38.5 Å².